The van der Waals surface area contributed by atoms with Crippen molar-refractivity contribution >= 4 is 11.9 Å². The van der Waals surface area contributed by atoms with Crippen molar-refractivity contribution in [1.82, 2.24) is 0 Å². The minimum absolute atomic E-state index is 0.0751. The largest absolute Gasteiger partial charge is 0.465 e. The summed E-state index contributed by atoms with van der Waals surface area (Å²) in [6.07, 6.45) is 4.60. The molecule has 1 rings (SSSR count). The fourth-order valence-corrected chi connectivity index (χ4v) is 0.752. The Hall–Kier alpha value is -1.35. The van der Waals surface area contributed by atoms with Crippen LogP contribution in [0.2, 0.25) is 0 Å². The predicted octanol–water partition coefficient (Wildman–Crippen LogP) is 1.51. The Labute approximate surface area is 70.6 Å². The van der Waals surface area contributed by atoms with Gasteiger partial charge in [-0.25, -0.2) is 0 Å². The van der Waals surface area contributed by atoms with Crippen LogP contribution in [-0.2, 0) is 9.53 Å². The predicted molar refractivity (Wildman–Crippen MR) is 44.6 cm³/mol. The van der Waals surface area contributed by atoms with Gasteiger partial charge in [-0.05, 0) is 24.3 Å². The van der Waals surface area contributed by atoms with Crippen molar-refractivity contribution in [2.75, 3.05) is 13.7 Å². The average Bonchev–Trinajstić information content (AvgIpc) is 2.53. The van der Waals surface area contributed by atoms with Crippen LogP contribution in [-0.4, -0.2) is 19.5 Å². The quantitative estimate of drug-likeness (QED) is 0.636. The fraction of sp³-hybridized carbons (Fsp3) is 0.222. The van der Waals surface area contributed by atoms with E-state index in [9.17, 15) is 4.79 Å². The maximum absolute atomic E-state index is 10.9. The van der Waals surface area contributed by atoms with E-state index in [1.807, 2.05) is 0 Å². The van der Waals surface area contributed by atoms with Crippen molar-refractivity contribution < 1.29 is 13.9 Å². The van der Waals surface area contributed by atoms with E-state index in [1.165, 1.54) is 13.2 Å². The lowest BCUT2D eigenvalue weighted by atomic mass is 10.3. The summed E-state index contributed by atoms with van der Waals surface area (Å²) >= 11 is 0. The van der Waals surface area contributed by atoms with Crippen LogP contribution in [0.15, 0.2) is 28.9 Å². The first-order valence-corrected chi connectivity index (χ1v) is 3.56. The van der Waals surface area contributed by atoms with Gasteiger partial charge < -0.3 is 9.15 Å². The minimum atomic E-state index is -0.0751. The molecule has 0 aliphatic heterocycles. The summed E-state index contributed by atoms with van der Waals surface area (Å²) in [7, 11) is 1.48. The Bertz CT molecular complexity index is 259. The summed E-state index contributed by atoms with van der Waals surface area (Å²) in [6.45, 7) is 0.108. The molecule has 0 N–H and O–H groups in total. The van der Waals surface area contributed by atoms with E-state index in [0.29, 0.717) is 5.76 Å². The SMILES string of the molecule is COCC(=O)/C=C/c1ccco1. The van der Waals surface area contributed by atoms with Gasteiger partial charge in [0.1, 0.15) is 12.4 Å². The molecule has 0 radical (unpaired) electrons. The molecule has 1 heterocycles. The molecule has 0 atom stereocenters. The summed E-state index contributed by atoms with van der Waals surface area (Å²) in [6, 6.07) is 3.54. The van der Waals surface area contributed by atoms with Gasteiger partial charge in [0.2, 0.25) is 0 Å². The van der Waals surface area contributed by atoms with Gasteiger partial charge in [-0.3, -0.25) is 4.79 Å². The first-order chi connectivity index (χ1) is 5.83. The van der Waals surface area contributed by atoms with Gasteiger partial charge in [0.15, 0.2) is 5.78 Å². The number of methoxy groups -OCH3 is 1. The molecule has 0 amide bonds. The zero-order valence-corrected chi connectivity index (χ0v) is 6.82. The molecule has 0 spiro atoms. The Balaban J connectivity index is 2.45. The van der Waals surface area contributed by atoms with Gasteiger partial charge >= 0.3 is 0 Å². The van der Waals surface area contributed by atoms with Crippen LogP contribution in [0.3, 0.4) is 0 Å². The topological polar surface area (TPSA) is 39.4 Å². The molecule has 0 saturated carbocycles. The molecule has 0 aliphatic carbocycles. The normalized spacial score (nSPS) is 10.8. The summed E-state index contributed by atoms with van der Waals surface area (Å²) < 4.78 is 9.62. The zero-order chi connectivity index (χ0) is 8.81. The van der Waals surface area contributed by atoms with Gasteiger partial charge in [0.25, 0.3) is 0 Å². The van der Waals surface area contributed by atoms with E-state index in [2.05, 4.69) is 4.74 Å². The minimum Gasteiger partial charge on any atom is -0.465 e. The van der Waals surface area contributed by atoms with E-state index in [1.54, 1.807) is 24.5 Å². The highest BCUT2D eigenvalue weighted by Crippen LogP contribution is 2.01. The Morgan fingerprint density at radius 3 is 3.17 bits per heavy atom. The summed E-state index contributed by atoms with van der Waals surface area (Å²) in [5.74, 6) is 0.591. The van der Waals surface area contributed by atoms with Crippen LogP contribution >= 0.6 is 0 Å². The third-order valence-electron chi connectivity index (χ3n) is 1.26. The lowest BCUT2D eigenvalue weighted by Gasteiger charge is -1.89. The number of hydrogen-bond donors (Lipinski definition) is 0. The van der Waals surface area contributed by atoms with Gasteiger partial charge in [-0.2, -0.15) is 0 Å². The fourth-order valence-electron chi connectivity index (χ4n) is 0.752. The third kappa shape index (κ3) is 2.72. The monoisotopic (exact) mass is 166 g/mol. The third-order valence-corrected chi connectivity index (χ3v) is 1.26. The lowest BCUT2D eigenvalue weighted by Crippen LogP contribution is -2.01. The van der Waals surface area contributed by atoms with Crippen molar-refractivity contribution in [1.29, 1.82) is 0 Å². The molecule has 64 valence electrons. The van der Waals surface area contributed by atoms with Crippen molar-refractivity contribution in [2.24, 2.45) is 0 Å². The molecule has 0 unspecified atom stereocenters. The van der Waals surface area contributed by atoms with Crippen LogP contribution in [0.25, 0.3) is 6.08 Å². The van der Waals surface area contributed by atoms with Crippen molar-refractivity contribution in [3.8, 4) is 0 Å². The molecule has 0 bridgehead atoms. The number of carbonyl (C=O) groups excluding carboxylic acids is 1. The van der Waals surface area contributed by atoms with E-state index in [0.717, 1.165) is 0 Å². The van der Waals surface area contributed by atoms with E-state index < -0.39 is 0 Å². The van der Waals surface area contributed by atoms with Crippen molar-refractivity contribution in [3.05, 3.63) is 30.2 Å². The number of ketones is 1. The maximum Gasteiger partial charge on any atom is 0.181 e. The molecule has 3 nitrogen and oxygen atoms in total. The van der Waals surface area contributed by atoms with E-state index >= 15 is 0 Å². The Morgan fingerprint density at radius 2 is 2.58 bits per heavy atom. The number of ether oxygens (including phenoxy) is 1. The van der Waals surface area contributed by atoms with Crippen LogP contribution in [0, 0.1) is 0 Å². The molecular weight excluding hydrogens is 156 g/mol. The van der Waals surface area contributed by atoms with Crippen molar-refractivity contribution in [3.63, 3.8) is 0 Å². The highest BCUT2D eigenvalue weighted by molar-refractivity contribution is 5.94. The first kappa shape index (κ1) is 8.74. The van der Waals surface area contributed by atoms with E-state index in [-0.39, 0.29) is 12.4 Å². The van der Waals surface area contributed by atoms with Crippen LogP contribution in [0.1, 0.15) is 5.76 Å². The second-order valence-corrected chi connectivity index (χ2v) is 2.25. The molecule has 12 heavy (non-hydrogen) atoms. The molecule has 1 aromatic rings. The van der Waals surface area contributed by atoms with E-state index in [4.69, 9.17) is 4.42 Å². The molecule has 1 aromatic heterocycles. The molecule has 0 aliphatic rings. The number of rotatable bonds is 4. The number of hydrogen-bond acceptors (Lipinski definition) is 3. The van der Waals surface area contributed by atoms with Crippen molar-refractivity contribution in [2.45, 2.75) is 0 Å². The van der Waals surface area contributed by atoms with Gasteiger partial charge in [0.05, 0.1) is 6.26 Å². The van der Waals surface area contributed by atoms with Gasteiger partial charge in [-0.15, -0.1) is 0 Å². The molecule has 3 heteroatoms. The number of furan rings is 1. The average molecular weight is 166 g/mol. The van der Waals surface area contributed by atoms with Crippen LogP contribution in [0.5, 0.6) is 0 Å². The Morgan fingerprint density at radius 1 is 1.75 bits per heavy atom. The zero-order valence-electron chi connectivity index (χ0n) is 6.82. The summed E-state index contributed by atoms with van der Waals surface area (Å²) in [5.41, 5.74) is 0. The van der Waals surface area contributed by atoms with Crippen LogP contribution < -0.4 is 0 Å². The standard InChI is InChI=1S/C9H10O3/c1-11-7-8(10)4-5-9-3-2-6-12-9/h2-6H,7H2,1H3/b5-4+. The Kier molecular flexibility index (Phi) is 3.29. The highest BCUT2D eigenvalue weighted by Gasteiger charge is 1.94. The second kappa shape index (κ2) is 4.51. The van der Waals surface area contributed by atoms with Crippen LogP contribution in [0.4, 0.5) is 0 Å². The highest BCUT2D eigenvalue weighted by atomic mass is 16.5. The van der Waals surface area contributed by atoms with Gasteiger partial charge in [0, 0.05) is 7.11 Å². The summed E-state index contributed by atoms with van der Waals surface area (Å²) in [5, 5.41) is 0. The lowest BCUT2D eigenvalue weighted by molar-refractivity contribution is -0.117. The smallest absolute Gasteiger partial charge is 0.181 e. The second-order valence-electron chi connectivity index (χ2n) is 2.25. The molecule has 0 saturated heterocycles. The molecule has 0 fully saturated rings. The maximum atomic E-state index is 10.9. The molecular formula is C9H10O3. The number of carbonyl (C=O) groups is 1. The van der Waals surface area contributed by atoms with Gasteiger partial charge in [-0.1, -0.05) is 0 Å². The molecule has 0 aromatic carbocycles. The summed E-state index contributed by atoms with van der Waals surface area (Å²) in [4.78, 5) is 10.9. The first-order valence-electron chi connectivity index (χ1n) is 3.56.